The Bertz CT molecular complexity index is 451. The lowest BCUT2D eigenvalue weighted by Gasteiger charge is -2.46. The number of rotatable bonds is 5. The molecule has 1 atom stereocenters. The zero-order valence-corrected chi connectivity index (χ0v) is 11.6. The highest BCUT2D eigenvalue weighted by atomic mass is 16.5. The maximum atomic E-state index is 12.0. The van der Waals surface area contributed by atoms with Gasteiger partial charge < -0.3 is 14.2 Å². The highest BCUT2D eigenvalue weighted by Gasteiger charge is 2.51. The van der Waals surface area contributed by atoms with E-state index in [0.717, 1.165) is 11.3 Å². The molecule has 1 heterocycles. The molecule has 2 rings (SSSR count). The lowest BCUT2D eigenvalue weighted by Crippen LogP contribution is -2.55. The van der Waals surface area contributed by atoms with Gasteiger partial charge in [0, 0.05) is 5.56 Å². The van der Waals surface area contributed by atoms with Gasteiger partial charge >= 0.3 is 5.97 Å². The summed E-state index contributed by atoms with van der Waals surface area (Å²) in [5.41, 5.74) is 0.704. The summed E-state index contributed by atoms with van der Waals surface area (Å²) in [4.78, 5) is 12.0. The van der Waals surface area contributed by atoms with Crippen molar-refractivity contribution >= 4 is 5.97 Å². The SMILES string of the molecule is CCC(C(=O)OC)C1(c2ccccc2OC)COC1. The van der Waals surface area contributed by atoms with E-state index in [-0.39, 0.29) is 17.3 Å². The molecular formula is C15H20O4. The van der Waals surface area contributed by atoms with E-state index in [2.05, 4.69) is 0 Å². The maximum absolute atomic E-state index is 12.0. The number of hydrogen-bond donors (Lipinski definition) is 0. The minimum atomic E-state index is -0.325. The van der Waals surface area contributed by atoms with Crippen LogP contribution >= 0.6 is 0 Å². The van der Waals surface area contributed by atoms with Crippen LogP contribution in [0.1, 0.15) is 18.9 Å². The molecule has 1 aromatic carbocycles. The average molecular weight is 264 g/mol. The molecule has 1 aromatic rings. The van der Waals surface area contributed by atoms with Gasteiger partial charge in [-0.05, 0) is 12.5 Å². The first-order valence-corrected chi connectivity index (χ1v) is 6.48. The fourth-order valence-electron chi connectivity index (χ4n) is 2.85. The van der Waals surface area contributed by atoms with Crippen LogP contribution in [-0.4, -0.2) is 33.4 Å². The molecule has 19 heavy (non-hydrogen) atoms. The van der Waals surface area contributed by atoms with Crippen LogP contribution in [0.15, 0.2) is 24.3 Å². The highest BCUT2D eigenvalue weighted by Crippen LogP contribution is 2.45. The summed E-state index contributed by atoms with van der Waals surface area (Å²) in [6, 6.07) is 7.81. The molecule has 4 nitrogen and oxygen atoms in total. The van der Waals surface area contributed by atoms with Gasteiger partial charge in [-0.2, -0.15) is 0 Å². The first kappa shape index (κ1) is 13.9. The summed E-state index contributed by atoms with van der Waals surface area (Å²) in [6.07, 6.45) is 0.716. The minimum Gasteiger partial charge on any atom is -0.496 e. The van der Waals surface area contributed by atoms with Crippen molar-refractivity contribution < 1.29 is 19.0 Å². The van der Waals surface area contributed by atoms with E-state index in [1.807, 2.05) is 31.2 Å². The van der Waals surface area contributed by atoms with Gasteiger partial charge in [0.15, 0.2) is 0 Å². The molecule has 1 unspecified atom stereocenters. The van der Waals surface area contributed by atoms with Gasteiger partial charge in [-0.1, -0.05) is 25.1 Å². The zero-order valence-electron chi connectivity index (χ0n) is 11.6. The lowest BCUT2D eigenvalue weighted by atomic mass is 9.67. The fraction of sp³-hybridized carbons (Fsp3) is 0.533. The number of ether oxygens (including phenoxy) is 3. The maximum Gasteiger partial charge on any atom is 0.309 e. The zero-order chi connectivity index (χ0) is 13.9. The van der Waals surface area contributed by atoms with Crippen molar-refractivity contribution in [2.75, 3.05) is 27.4 Å². The molecule has 4 heteroatoms. The van der Waals surface area contributed by atoms with Crippen molar-refractivity contribution in [3.8, 4) is 5.75 Å². The Balaban J connectivity index is 2.44. The molecule has 0 saturated carbocycles. The molecule has 0 amide bonds. The van der Waals surface area contributed by atoms with E-state index in [0.29, 0.717) is 19.6 Å². The van der Waals surface area contributed by atoms with Crippen molar-refractivity contribution in [1.82, 2.24) is 0 Å². The Morgan fingerprint density at radius 3 is 2.53 bits per heavy atom. The number of methoxy groups -OCH3 is 2. The van der Waals surface area contributed by atoms with Crippen LogP contribution in [0.4, 0.5) is 0 Å². The van der Waals surface area contributed by atoms with E-state index < -0.39 is 0 Å². The average Bonchev–Trinajstić information content (AvgIpc) is 2.42. The van der Waals surface area contributed by atoms with E-state index in [1.54, 1.807) is 7.11 Å². The highest BCUT2D eigenvalue weighted by molar-refractivity contribution is 5.75. The van der Waals surface area contributed by atoms with Gasteiger partial charge in [0.05, 0.1) is 38.8 Å². The van der Waals surface area contributed by atoms with Gasteiger partial charge in [0.25, 0.3) is 0 Å². The second-order valence-electron chi connectivity index (χ2n) is 4.83. The monoisotopic (exact) mass is 264 g/mol. The van der Waals surface area contributed by atoms with Crippen LogP contribution in [0.3, 0.4) is 0 Å². The predicted molar refractivity (Wildman–Crippen MR) is 71.3 cm³/mol. The number of hydrogen-bond acceptors (Lipinski definition) is 4. The van der Waals surface area contributed by atoms with Crippen molar-refractivity contribution in [2.24, 2.45) is 5.92 Å². The quantitative estimate of drug-likeness (QED) is 0.764. The Labute approximate surface area is 113 Å². The minimum absolute atomic E-state index is 0.184. The summed E-state index contributed by atoms with van der Waals surface area (Å²) in [5.74, 6) is 0.410. The van der Waals surface area contributed by atoms with Crippen LogP contribution in [0.5, 0.6) is 5.75 Å². The number of esters is 1. The van der Waals surface area contributed by atoms with Crippen molar-refractivity contribution in [3.05, 3.63) is 29.8 Å². The molecule has 0 radical (unpaired) electrons. The standard InChI is InChI=1S/C15H20O4/c1-4-11(14(16)18-3)15(9-19-10-15)12-7-5-6-8-13(12)17-2/h5-8,11H,4,9-10H2,1-3H3. The molecule has 1 aliphatic heterocycles. The number of carbonyl (C=O) groups excluding carboxylic acids is 1. The fourth-order valence-corrected chi connectivity index (χ4v) is 2.85. The summed E-state index contributed by atoms with van der Waals surface area (Å²) in [6.45, 7) is 3.05. The number of benzene rings is 1. The molecule has 1 aliphatic rings. The topological polar surface area (TPSA) is 44.8 Å². The smallest absolute Gasteiger partial charge is 0.309 e. The first-order valence-electron chi connectivity index (χ1n) is 6.48. The number of carbonyl (C=O) groups is 1. The third-order valence-electron chi connectivity index (χ3n) is 3.92. The van der Waals surface area contributed by atoms with Crippen molar-refractivity contribution in [2.45, 2.75) is 18.8 Å². The van der Waals surface area contributed by atoms with E-state index in [9.17, 15) is 4.79 Å². The summed E-state index contributed by atoms with van der Waals surface area (Å²) >= 11 is 0. The third-order valence-corrected chi connectivity index (χ3v) is 3.92. The molecular weight excluding hydrogens is 244 g/mol. The van der Waals surface area contributed by atoms with Crippen molar-refractivity contribution in [3.63, 3.8) is 0 Å². The molecule has 0 aromatic heterocycles. The Morgan fingerprint density at radius 2 is 2.05 bits per heavy atom. The predicted octanol–water partition coefficient (Wildman–Crippen LogP) is 2.16. The van der Waals surface area contributed by atoms with Crippen LogP contribution < -0.4 is 4.74 Å². The summed E-state index contributed by atoms with van der Waals surface area (Å²) in [7, 11) is 3.07. The molecule has 1 fully saturated rings. The normalized spacial score (nSPS) is 18.3. The first-order chi connectivity index (χ1) is 9.19. The van der Waals surface area contributed by atoms with E-state index >= 15 is 0 Å². The van der Waals surface area contributed by atoms with E-state index in [1.165, 1.54) is 7.11 Å². The Kier molecular flexibility index (Phi) is 4.10. The van der Waals surface area contributed by atoms with Crippen LogP contribution in [-0.2, 0) is 19.7 Å². The molecule has 1 saturated heterocycles. The van der Waals surface area contributed by atoms with Gasteiger partial charge in [0.2, 0.25) is 0 Å². The van der Waals surface area contributed by atoms with Gasteiger partial charge in [-0.15, -0.1) is 0 Å². The second kappa shape index (κ2) is 5.61. The van der Waals surface area contributed by atoms with Crippen LogP contribution in [0.25, 0.3) is 0 Å². The van der Waals surface area contributed by atoms with Crippen LogP contribution in [0.2, 0.25) is 0 Å². The second-order valence-corrected chi connectivity index (χ2v) is 4.83. The van der Waals surface area contributed by atoms with E-state index in [4.69, 9.17) is 14.2 Å². The van der Waals surface area contributed by atoms with Gasteiger partial charge in [-0.25, -0.2) is 0 Å². The molecule has 0 bridgehead atoms. The molecule has 104 valence electrons. The largest absolute Gasteiger partial charge is 0.496 e. The molecule has 0 N–H and O–H groups in total. The molecule has 0 spiro atoms. The van der Waals surface area contributed by atoms with Gasteiger partial charge in [0.1, 0.15) is 5.75 Å². The molecule has 0 aliphatic carbocycles. The number of para-hydroxylation sites is 1. The lowest BCUT2D eigenvalue weighted by molar-refractivity contribution is -0.160. The van der Waals surface area contributed by atoms with Crippen LogP contribution in [0, 0.1) is 5.92 Å². The van der Waals surface area contributed by atoms with Crippen molar-refractivity contribution in [1.29, 1.82) is 0 Å². The Hall–Kier alpha value is -1.55. The Morgan fingerprint density at radius 1 is 1.37 bits per heavy atom. The third kappa shape index (κ3) is 2.21. The summed E-state index contributed by atoms with van der Waals surface area (Å²) < 4.78 is 15.8. The van der Waals surface area contributed by atoms with Gasteiger partial charge in [-0.3, -0.25) is 4.79 Å². The summed E-state index contributed by atoms with van der Waals surface area (Å²) in [5, 5.41) is 0.